The first-order valence-corrected chi connectivity index (χ1v) is 5.54. The molecular formula is C11H11ClN2O5. The summed E-state index contributed by atoms with van der Waals surface area (Å²) in [6.07, 6.45) is 0.743. The Kier molecular flexibility index (Phi) is 5.25. The first kappa shape index (κ1) is 14.9. The van der Waals surface area contributed by atoms with Crippen molar-refractivity contribution in [2.45, 2.75) is 12.5 Å². The SMILES string of the molecule is COC(=O)CC(NC(=O)c1ccc(Cl)nc1)C(=O)O. The highest BCUT2D eigenvalue weighted by molar-refractivity contribution is 6.29. The normalized spacial score (nSPS) is 11.5. The lowest BCUT2D eigenvalue weighted by molar-refractivity contribution is -0.147. The molecule has 0 aromatic carbocycles. The second-order valence-electron chi connectivity index (χ2n) is 3.51. The number of pyridine rings is 1. The first-order chi connectivity index (χ1) is 8.93. The van der Waals surface area contributed by atoms with Crippen LogP contribution in [0.5, 0.6) is 0 Å². The number of amides is 1. The van der Waals surface area contributed by atoms with E-state index in [9.17, 15) is 14.4 Å². The van der Waals surface area contributed by atoms with Crippen LogP contribution in [0.25, 0.3) is 0 Å². The van der Waals surface area contributed by atoms with Gasteiger partial charge in [-0.15, -0.1) is 0 Å². The molecule has 1 unspecified atom stereocenters. The molecule has 1 aromatic rings. The molecule has 0 saturated carbocycles. The van der Waals surface area contributed by atoms with E-state index in [1.807, 2.05) is 0 Å². The third-order valence-corrected chi connectivity index (χ3v) is 2.42. The van der Waals surface area contributed by atoms with Gasteiger partial charge in [0.05, 0.1) is 19.1 Å². The van der Waals surface area contributed by atoms with Gasteiger partial charge in [0.15, 0.2) is 0 Å². The Hall–Kier alpha value is -2.15. The van der Waals surface area contributed by atoms with Crippen LogP contribution in [0.2, 0.25) is 5.15 Å². The zero-order chi connectivity index (χ0) is 14.4. The minimum atomic E-state index is -1.37. The van der Waals surface area contributed by atoms with E-state index in [1.54, 1.807) is 0 Å². The molecule has 0 bridgehead atoms. The molecule has 102 valence electrons. The molecule has 1 atom stereocenters. The van der Waals surface area contributed by atoms with Gasteiger partial charge in [-0.1, -0.05) is 11.6 Å². The smallest absolute Gasteiger partial charge is 0.326 e. The molecule has 0 aliphatic heterocycles. The molecule has 7 nitrogen and oxygen atoms in total. The lowest BCUT2D eigenvalue weighted by atomic mass is 10.2. The number of hydrogen-bond donors (Lipinski definition) is 2. The average Bonchev–Trinajstić information content (AvgIpc) is 2.38. The van der Waals surface area contributed by atoms with Crippen molar-refractivity contribution in [2.24, 2.45) is 0 Å². The fourth-order valence-electron chi connectivity index (χ4n) is 1.20. The number of hydrogen-bond acceptors (Lipinski definition) is 5. The van der Waals surface area contributed by atoms with E-state index in [0.717, 1.165) is 7.11 Å². The largest absolute Gasteiger partial charge is 0.480 e. The third kappa shape index (κ3) is 4.55. The highest BCUT2D eigenvalue weighted by Crippen LogP contribution is 2.06. The van der Waals surface area contributed by atoms with Gasteiger partial charge in [0.2, 0.25) is 0 Å². The van der Waals surface area contributed by atoms with Crippen LogP contribution in [0.4, 0.5) is 0 Å². The molecule has 0 fully saturated rings. The van der Waals surface area contributed by atoms with Crippen molar-refractivity contribution in [1.29, 1.82) is 0 Å². The maximum atomic E-state index is 11.7. The summed E-state index contributed by atoms with van der Waals surface area (Å²) in [5, 5.41) is 11.3. The summed E-state index contributed by atoms with van der Waals surface area (Å²) < 4.78 is 4.35. The summed E-state index contributed by atoms with van der Waals surface area (Å²) in [5.41, 5.74) is 0.139. The molecule has 0 radical (unpaired) electrons. The Morgan fingerprint density at radius 2 is 2.16 bits per heavy atom. The minimum Gasteiger partial charge on any atom is -0.480 e. The lowest BCUT2D eigenvalue weighted by Crippen LogP contribution is -2.42. The molecule has 0 spiro atoms. The molecule has 0 saturated heterocycles. The summed E-state index contributed by atoms with van der Waals surface area (Å²) in [6.45, 7) is 0. The van der Waals surface area contributed by atoms with Gasteiger partial charge in [0.25, 0.3) is 5.91 Å². The topological polar surface area (TPSA) is 106 Å². The van der Waals surface area contributed by atoms with Crippen LogP contribution in [0.1, 0.15) is 16.8 Å². The predicted octanol–water partition coefficient (Wildman–Crippen LogP) is 0.481. The minimum absolute atomic E-state index is 0.139. The number of methoxy groups -OCH3 is 1. The zero-order valence-corrected chi connectivity index (χ0v) is 10.7. The molecule has 8 heteroatoms. The Morgan fingerprint density at radius 1 is 1.47 bits per heavy atom. The number of ether oxygens (including phenoxy) is 1. The van der Waals surface area contributed by atoms with E-state index in [0.29, 0.717) is 0 Å². The summed E-state index contributed by atoms with van der Waals surface area (Å²) >= 11 is 5.56. The average molecular weight is 287 g/mol. The molecule has 19 heavy (non-hydrogen) atoms. The lowest BCUT2D eigenvalue weighted by Gasteiger charge is -2.13. The van der Waals surface area contributed by atoms with Crippen LogP contribution in [0.3, 0.4) is 0 Å². The van der Waals surface area contributed by atoms with Crippen LogP contribution in [-0.4, -0.2) is 41.1 Å². The molecule has 1 rings (SSSR count). The Balaban J connectivity index is 2.73. The van der Waals surface area contributed by atoms with Crippen LogP contribution < -0.4 is 5.32 Å². The van der Waals surface area contributed by atoms with E-state index < -0.39 is 30.3 Å². The van der Waals surface area contributed by atoms with Gasteiger partial charge in [-0.3, -0.25) is 9.59 Å². The summed E-state index contributed by atoms with van der Waals surface area (Å²) in [7, 11) is 1.13. The van der Waals surface area contributed by atoms with E-state index in [1.165, 1.54) is 18.3 Å². The van der Waals surface area contributed by atoms with Crippen molar-refractivity contribution in [2.75, 3.05) is 7.11 Å². The number of carbonyl (C=O) groups is 3. The monoisotopic (exact) mass is 286 g/mol. The van der Waals surface area contributed by atoms with Crippen LogP contribution >= 0.6 is 11.6 Å². The van der Waals surface area contributed by atoms with Gasteiger partial charge in [-0.05, 0) is 12.1 Å². The van der Waals surface area contributed by atoms with Crippen molar-refractivity contribution in [1.82, 2.24) is 10.3 Å². The standard InChI is InChI=1S/C11H11ClN2O5/c1-19-9(15)4-7(11(17)18)14-10(16)6-2-3-8(12)13-5-6/h2-3,5,7H,4H2,1H3,(H,14,16)(H,17,18). The second-order valence-corrected chi connectivity index (χ2v) is 3.90. The number of esters is 1. The highest BCUT2D eigenvalue weighted by atomic mass is 35.5. The van der Waals surface area contributed by atoms with Gasteiger partial charge >= 0.3 is 11.9 Å². The summed E-state index contributed by atoms with van der Waals surface area (Å²) in [6, 6.07) is 1.42. The molecule has 1 heterocycles. The fourth-order valence-corrected chi connectivity index (χ4v) is 1.31. The Bertz CT molecular complexity index is 488. The van der Waals surface area contributed by atoms with Gasteiger partial charge in [0, 0.05) is 6.20 Å². The molecular weight excluding hydrogens is 276 g/mol. The van der Waals surface area contributed by atoms with Crippen molar-refractivity contribution in [3.8, 4) is 0 Å². The summed E-state index contributed by atoms with van der Waals surface area (Å²) in [5.74, 6) is -2.73. The Labute approximate surface area is 113 Å². The van der Waals surface area contributed by atoms with E-state index >= 15 is 0 Å². The van der Waals surface area contributed by atoms with Crippen molar-refractivity contribution >= 4 is 29.4 Å². The number of carboxylic acid groups (broad SMARTS) is 1. The molecule has 0 aliphatic carbocycles. The number of aromatic nitrogens is 1. The maximum Gasteiger partial charge on any atom is 0.326 e. The number of nitrogens with zero attached hydrogens (tertiary/aromatic N) is 1. The van der Waals surface area contributed by atoms with Crippen molar-refractivity contribution in [3.05, 3.63) is 29.0 Å². The predicted molar refractivity (Wildman–Crippen MR) is 64.8 cm³/mol. The number of nitrogens with one attached hydrogen (secondary N) is 1. The number of halogens is 1. The molecule has 1 aromatic heterocycles. The highest BCUT2D eigenvalue weighted by Gasteiger charge is 2.24. The van der Waals surface area contributed by atoms with Crippen LogP contribution in [0.15, 0.2) is 18.3 Å². The van der Waals surface area contributed by atoms with Crippen LogP contribution in [-0.2, 0) is 14.3 Å². The van der Waals surface area contributed by atoms with E-state index in [-0.39, 0.29) is 10.7 Å². The van der Waals surface area contributed by atoms with E-state index in [2.05, 4.69) is 15.0 Å². The fraction of sp³-hybridized carbons (Fsp3) is 0.273. The van der Waals surface area contributed by atoms with Crippen LogP contribution in [0, 0.1) is 0 Å². The third-order valence-electron chi connectivity index (χ3n) is 2.19. The molecule has 2 N–H and O–H groups in total. The number of carbonyl (C=O) groups excluding carboxylic acids is 2. The number of aliphatic carboxylic acids is 1. The van der Waals surface area contributed by atoms with Crippen molar-refractivity contribution in [3.63, 3.8) is 0 Å². The maximum absolute atomic E-state index is 11.7. The van der Waals surface area contributed by atoms with Gasteiger partial charge < -0.3 is 15.2 Å². The van der Waals surface area contributed by atoms with Gasteiger partial charge in [0.1, 0.15) is 11.2 Å². The Morgan fingerprint density at radius 3 is 2.63 bits per heavy atom. The molecule has 0 aliphatic rings. The second kappa shape index (κ2) is 6.69. The van der Waals surface area contributed by atoms with Gasteiger partial charge in [-0.2, -0.15) is 0 Å². The zero-order valence-electron chi connectivity index (χ0n) is 9.92. The summed E-state index contributed by atoms with van der Waals surface area (Å²) in [4.78, 5) is 37.4. The first-order valence-electron chi connectivity index (χ1n) is 5.16. The quantitative estimate of drug-likeness (QED) is 0.602. The van der Waals surface area contributed by atoms with Gasteiger partial charge in [-0.25, -0.2) is 9.78 Å². The van der Waals surface area contributed by atoms with E-state index in [4.69, 9.17) is 16.7 Å². The molecule has 1 amide bonds. The number of rotatable bonds is 5. The number of carboxylic acids is 1. The van der Waals surface area contributed by atoms with Crippen molar-refractivity contribution < 1.29 is 24.2 Å².